The Labute approximate surface area is 213 Å². The van der Waals surface area contributed by atoms with Gasteiger partial charge in [-0.15, -0.1) is 0 Å². The number of hydrogen-bond acceptors (Lipinski definition) is 6. The van der Waals surface area contributed by atoms with E-state index >= 15 is 0 Å². The first-order chi connectivity index (χ1) is 16.9. The van der Waals surface area contributed by atoms with Gasteiger partial charge in [-0.25, -0.2) is 4.98 Å². The molecule has 1 aliphatic carbocycles. The number of rotatable bonds is 6. The summed E-state index contributed by atoms with van der Waals surface area (Å²) in [5.41, 5.74) is 12.3. The molecule has 4 rings (SSSR count). The van der Waals surface area contributed by atoms with Crippen LogP contribution in [0.2, 0.25) is 0 Å². The van der Waals surface area contributed by atoms with Gasteiger partial charge in [0.15, 0.2) is 11.5 Å². The average Bonchev–Trinajstić information content (AvgIpc) is 3.10. The van der Waals surface area contributed by atoms with Crippen LogP contribution in [0, 0.1) is 29.6 Å². The summed E-state index contributed by atoms with van der Waals surface area (Å²) in [5, 5.41) is 19.4. The molecule has 0 bridgehead atoms. The van der Waals surface area contributed by atoms with E-state index in [0.29, 0.717) is 47.1 Å². The minimum atomic E-state index is 0.131. The minimum absolute atomic E-state index is 0.131. The van der Waals surface area contributed by atoms with Crippen LogP contribution in [0.5, 0.6) is 11.5 Å². The minimum Gasteiger partial charge on any atom is -0.490 e. The lowest BCUT2D eigenvalue weighted by molar-refractivity contribution is 0.267. The lowest BCUT2D eigenvalue weighted by Gasteiger charge is -2.15. The number of ether oxygens (including phenoxy) is 2. The van der Waals surface area contributed by atoms with Gasteiger partial charge in [-0.1, -0.05) is 30.3 Å². The van der Waals surface area contributed by atoms with Crippen LogP contribution in [-0.2, 0) is 6.61 Å². The molecule has 6 nitrogen and oxygen atoms in total. The molecule has 2 N–H and O–H groups in total. The molecule has 35 heavy (non-hydrogen) atoms. The van der Waals surface area contributed by atoms with Gasteiger partial charge in [-0.2, -0.15) is 10.5 Å². The van der Waals surface area contributed by atoms with E-state index in [1.807, 2.05) is 69.3 Å². The Morgan fingerprint density at radius 3 is 2.49 bits per heavy atom. The highest BCUT2D eigenvalue weighted by atomic mass is 79.9. The largest absolute Gasteiger partial charge is 0.490 e. The van der Waals surface area contributed by atoms with E-state index in [0.717, 1.165) is 32.3 Å². The van der Waals surface area contributed by atoms with Crippen molar-refractivity contribution >= 4 is 39.0 Å². The number of hydrogen-bond donors (Lipinski definition) is 1. The van der Waals surface area contributed by atoms with Crippen LogP contribution >= 0.6 is 15.9 Å². The summed E-state index contributed by atoms with van der Waals surface area (Å²) < 4.78 is 12.8. The molecule has 1 aliphatic rings. The molecule has 0 fully saturated rings. The Balaban J connectivity index is 1.81. The highest BCUT2D eigenvalue weighted by molar-refractivity contribution is 9.10. The molecule has 7 heteroatoms. The normalized spacial score (nSPS) is 13.4. The highest BCUT2D eigenvalue weighted by Gasteiger charge is 2.29. The highest BCUT2D eigenvalue weighted by Crippen LogP contribution is 2.45. The maximum Gasteiger partial charge on any atom is 0.175 e. The number of aromatic nitrogens is 1. The summed E-state index contributed by atoms with van der Waals surface area (Å²) in [4.78, 5) is 4.39. The predicted octanol–water partition coefficient (Wildman–Crippen LogP) is 6.44. The van der Waals surface area contributed by atoms with Gasteiger partial charge in [0, 0.05) is 5.56 Å². The number of fused-ring (bicyclic) bond motifs is 1. The molecule has 174 valence electrons. The molecule has 0 aliphatic heterocycles. The number of nitrogens with two attached hydrogens (primary N) is 1. The van der Waals surface area contributed by atoms with E-state index in [9.17, 15) is 10.5 Å². The smallest absolute Gasteiger partial charge is 0.175 e. The SMILES string of the molecule is CCOc1cc(/C=C2/C(C)=C(C#N)c3nc(N)c(C#N)c(C)c32)cc(Br)c1OCc1ccccc1. The van der Waals surface area contributed by atoms with Crippen molar-refractivity contribution in [1.82, 2.24) is 4.98 Å². The van der Waals surface area contributed by atoms with Gasteiger partial charge >= 0.3 is 0 Å². The Morgan fingerprint density at radius 2 is 1.83 bits per heavy atom. The average molecular weight is 527 g/mol. The van der Waals surface area contributed by atoms with Crippen LogP contribution in [0.4, 0.5) is 5.82 Å². The third-order valence-electron chi connectivity index (χ3n) is 5.85. The molecule has 3 aromatic rings. The maximum atomic E-state index is 9.80. The number of nitriles is 2. The lowest BCUT2D eigenvalue weighted by atomic mass is 9.95. The molecule has 0 radical (unpaired) electrons. The van der Waals surface area contributed by atoms with Crippen molar-refractivity contribution in [1.29, 1.82) is 10.5 Å². The fraction of sp³-hybridized carbons (Fsp3) is 0.179. The number of pyridine rings is 1. The molecule has 0 saturated carbocycles. The topological polar surface area (TPSA) is 105 Å². The summed E-state index contributed by atoms with van der Waals surface area (Å²) >= 11 is 3.64. The van der Waals surface area contributed by atoms with Gasteiger partial charge < -0.3 is 15.2 Å². The fourth-order valence-corrected chi connectivity index (χ4v) is 4.74. The van der Waals surface area contributed by atoms with Crippen molar-refractivity contribution in [3.63, 3.8) is 0 Å². The zero-order valence-corrected chi connectivity index (χ0v) is 21.2. The van der Waals surface area contributed by atoms with Gasteiger partial charge in [0.2, 0.25) is 0 Å². The van der Waals surface area contributed by atoms with E-state index in [2.05, 4.69) is 33.1 Å². The van der Waals surface area contributed by atoms with Crippen molar-refractivity contribution in [2.75, 3.05) is 12.3 Å². The summed E-state index contributed by atoms with van der Waals surface area (Å²) in [6.45, 7) is 6.51. The number of allylic oxidation sites excluding steroid dienone is 3. The number of halogens is 1. The second-order valence-corrected chi connectivity index (χ2v) is 8.89. The standard InChI is InChI=1S/C28H23BrN4O2/c1-4-34-24-12-19(11-23(29)27(24)35-15-18-8-6-5-7-9-18)10-20-16(2)21(13-30)26-25(20)17(3)22(14-31)28(32)33-26/h5-12H,4,15H2,1-3H3,(H2,32,33)/b20-10-. The van der Waals surface area contributed by atoms with Gasteiger partial charge in [0.1, 0.15) is 24.6 Å². The maximum absolute atomic E-state index is 9.80. The summed E-state index contributed by atoms with van der Waals surface area (Å²) in [5.74, 6) is 1.36. The number of benzene rings is 2. The van der Waals surface area contributed by atoms with Gasteiger partial charge in [-0.05, 0) is 82.7 Å². The Bertz CT molecular complexity index is 1460. The van der Waals surface area contributed by atoms with Crippen LogP contribution in [0.3, 0.4) is 0 Å². The zero-order valence-electron chi connectivity index (χ0n) is 19.6. The first-order valence-corrected chi connectivity index (χ1v) is 11.9. The number of nitrogen functional groups attached to an aromatic ring is 1. The monoisotopic (exact) mass is 526 g/mol. The first kappa shape index (κ1) is 24.1. The number of anilines is 1. The molecular formula is C28H23BrN4O2. The first-order valence-electron chi connectivity index (χ1n) is 11.1. The molecule has 2 aromatic carbocycles. The molecule has 0 spiro atoms. The second kappa shape index (κ2) is 10.0. The summed E-state index contributed by atoms with van der Waals surface area (Å²) in [6, 6.07) is 18.2. The summed E-state index contributed by atoms with van der Waals surface area (Å²) in [7, 11) is 0. The molecule has 0 unspecified atom stereocenters. The molecule has 0 amide bonds. The zero-order chi connectivity index (χ0) is 25.1. The van der Waals surface area contributed by atoms with E-state index in [-0.39, 0.29) is 5.82 Å². The van der Waals surface area contributed by atoms with Crippen LogP contribution in [0.1, 0.15) is 47.4 Å². The van der Waals surface area contributed by atoms with Crippen molar-refractivity contribution in [3.05, 3.63) is 86.0 Å². The Kier molecular flexibility index (Phi) is 6.91. The molecule has 1 heterocycles. The van der Waals surface area contributed by atoms with Gasteiger partial charge in [0.25, 0.3) is 0 Å². The Morgan fingerprint density at radius 1 is 1.09 bits per heavy atom. The second-order valence-electron chi connectivity index (χ2n) is 8.04. The van der Waals surface area contributed by atoms with Crippen molar-refractivity contribution in [2.24, 2.45) is 0 Å². The Hall–Kier alpha value is -4.07. The molecular weight excluding hydrogens is 504 g/mol. The predicted molar refractivity (Wildman–Crippen MR) is 140 cm³/mol. The summed E-state index contributed by atoms with van der Waals surface area (Å²) in [6.07, 6.45) is 1.97. The quantitative estimate of drug-likeness (QED) is 0.396. The molecule has 1 aromatic heterocycles. The van der Waals surface area contributed by atoms with E-state index in [1.165, 1.54) is 0 Å². The lowest BCUT2D eigenvalue weighted by Crippen LogP contribution is -2.04. The molecule has 0 saturated heterocycles. The van der Waals surface area contributed by atoms with E-state index in [1.54, 1.807) is 0 Å². The number of nitrogens with zero attached hydrogens (tertiary/aromatic N) is 3. The van der Waals surface area contributed by atoms with Crippen molar-refractivity contribution in [3.8, 4) is 23.6 Å². The third kappa shape index (κ3) is 4.51. The fourth-order valence-electron chi connectivity index (χ4n) is 4.17. The van der Waals surface area contributed by atoms with Crippen LogP contribution in [-0.4, -0.2) is 11.6 Å². The third-order valence-corrected chi connectivity index (χ3v) is 6.44. The van der Waals surface area contributed by atoms with E-state index in [4.69, 9.17) is 15.2 Å². The molecule has 0 atom stereocenters. The van der Waals surface area contributed by atoms with Crippen molar-refractivity contribution < 1.29 is 9.47 Å². The van der Waals surface area contributed by atoms with Gasteiger partial charge in [-0.3, -0.25) is 0 Å². The van der Waals surface area contributed by atoms with Crippen LogP contribution in [0.25, 0.3) is 17.2 Å². The van der Waals surface area contributed by atoms with Gasteiger partial charge in [0.05, 0.1) is 27.9 Å². The van der Waals surface area contributed by atoms with E-state index < -0.39 is 0 Å². The van der Waals surface area contributed by atoms with Crippen molar-refractivity contribution in [2.45, 2.75) is 27.4 Å². The van der Waals surface area contributed by atoms with Crippen LogP contribution < -0.4 is 15.2 Å². The van der Waals surface area contributed by atoms with Crippen LogP contribution in [0.15, 0.2) is 52.5 Å².